The molecule has 0 spiro atoms. The Kier molecular flexibility index (Phi) is 5.91. The number of rotatable bonds is 4. The summed E-state index contributed by atoms with van der Waals surface area (Å²) in [5.41, 5.74) is 1.10. The lowest BCUT2D eigenvalue weighted by atomic mass is 10.0. The molecule has 0 atom stereocenters. The highest BCUT2D eigenvalue weighted by atomic mass is 19.1. The summed E-state index contributed by atoms with van der Waals surface area (Å²) in [4.78, 5) is 20.8. The standard InChI is InChI=1S/C21H26F2N4O2/c1-14-19(25-21(29-14)15-10-16(22)12-17(23)11-15)13-26-6-2-18(3-7-26)27-8-4-20(28)24-5-9-27/h10-12,18H,2-9,13H2,1H3,(H,24,28). The number of halogens is 2. The number of carbonyl (C=O) groups excluding carboxylic acids is 1. The summed E-state index contributed by atoms with van der Waals surface area (Å²) < 4.78 is 32.6. The van der Waals surface area contributed by atoms with E-state index in [1.54, 1.807) is 0 Å². The molecule has 1 N–H and O–H groups in total. The van der Waals surface area contributed by atoms with Crippen molar-refractivity contribution in [3.05, 3.63) is 41.3 Å². The summed E-state index contributed by atoms with van der Waals surface area (Å²) in [7, 11) is 0. The van der Waals surface area contributed by atoms with Gasteiger partial charge in [0.25, 0.3) is 0 Å². The second-order valence-electron chi connectivity index (χ2n) is 7.82. The number of carbonyl (C=O) groups is 1. The highest BCUT2D eigenvalue weighted by Crippen LogP contribution is 2.25. The molecule has 1 amide bonds. The molecule has 2 aliphatic heterocycles. The van der Waals surface area contributed by atoms with Crippen molar-refractivity contribution in [3.63, 3.8) is 0 Å². The molecule has 0 aliphatic carbocycles. The summed E-state index contributed by atoms with van der Waals surface area (Å²) in [6.07, 6.45) is 2.67. The van der Waals surface area contributed by atoms with E-state index in [0.29, 0.717) is 30.3 Å². The maximum absolute atomic E-state index is 13.5. The number of aromatic nitrogens is 1. The van der Waals surface area contributed by atoms with Gasteiger partial charge in [0.15, 0.2) is 0 Å². The van der Waals surface area contributed by atoms with Gasteiger partial charge >= 0.3 is 0 Å². The molecule has 4 rings (SSSR count). The van der Waals surface area contributed by atoms with Gasteiger partial charge in [-0.1, -0.05) is 0 Å². The third kappa shape index (κ3) is 4.82. The molecule has 2 fully saturated rings. The van der Waals surface area contributed by atoms with Gasteiger partial charge in [0.2, 0.25) is 11.8 Å². The van der Waals surface area contributed by atoms with Crippen molar-refractivity contribution in [2.24, 2.45) is 0 Å². The lowest BCUT2D eigenvalue weighted by Gasteiger charge is -2.37. The molecule has 0 unspecified atom stereocenters. The average molecular weight is 404 g/mol. The molecule has 6 nitrogen and oxygen atoms in total. The highest BCUT2D eigenvalue weighted by molar-refractivity contribution is 5.76. The molecular weight excluding hydrogens is 378 g/mol. The van der Waals surface area contributed by atoms with E-state index in [4.69, 9.17) is 4.42 Å². The van der Waals surface area contributed by atoms with Crippen LogP contribution in [0, 0.1) is 18.6 Å². The number of oxazole rings is 1. The Morgan fingerprint density at radius 3 is 2.59 bits per heavy atom. The van der Waals surface area contributed by atoms with Crippen LogP contribution in [0.3, 0.4) is 0 Å². The van der Waals surface area contributed by atoms with E-state index in [1.165, 1.54) is 12.1 Å². The van der Waals surface area contributed by atoms with E-state index < -0.39 is 11.6 Å². The summed E-state index contributed by atoms with van der Waals surface area (Å²) in [5.74, 6) is -0.244. The van der Waals surface area contributed by atoms with Crippen LogP contribution in [0.25, 0.3) is 11.5 Å². The third-order valence-electron chi connectivity index (χ3n) is 5.80. The largest absolute Gasteiger partial charge is 0.441 e. The van der Waals surface area contributed by atoms with Crippen molar-refractivity contribution >= 4 is 5.91 Å². The van der Waals surface area contributed by atoms with Crippen molar-refractivity contribution in [1.29, 1.82) is 0 Å². The minimum Gasteiger partial charge on any atom is -0.441 e. The van der Waals surface area contributed by atoms with Gasteiger partial charge in [-0.15, -0.1) is 0 Å². The average Bonchev–Trinajstić information content (AvgIpc) is 2.90. The predicted molar refractivity (Wildman–Crippen MR) is 104 cm³/mol. The van der Waals surface area contributed by atoms with Gasteiger partial charge in [0, 0.05) is 63.4 Å². The van der Waals surface area contributed by atoms with Crippen LogP contribution < -0.4 is 5.32 Å². The molecule has 0 saturated carbocycles. The molecule has 0 bridgehead atoms. The van der Waals surface area contributed by atoms with Gasteiger partial charge in [-0.2, -0.15) is 0 Å². The Bertz CT molecular complexity index is 857. The fourth-order valence-corrected chi connectivity index (χ4v) is 4.18. The van der Waals surface area contributed by atoms with E-state index in [1.807, 2.05) is 6.92 Å². The fourth-order valence-electron chi connectivity index (χ4n) is 4.18. The van der Waals surface area contributed by atoms with Gasteiger partial charge in [-0.3, -0.25) is 14.6 Å². The van der Waals surface area contributed by atoms with Gasteiger partial charge < -0.3 is 9.73 Å². The first-order chi connectivity index (χ1) is 14.0. The topological polar surface area (TPSA) is 61.6 Å². The Balaban J connectivity index is 1.36. The van der Waals surface area contributed by atoms with Gasteiger partial charge in [0.05, 0.1) is 5.69 Å². The third-order valence-corrected chi connectivity index (χ3v) is 5.80. The molecule has 156 valence electrons. The fraction of sp³-hybridized carbons (Fsp3) is 0.524. The quantitative estimate of drug-likeness (QED) is 0.849. The van der Waals surface area contributed by atoms with Gasteiger partial charge in [-0.05, 0) is 31.9 Å². The number of hydrogen-bond acceptors (Lipinski definition) is 5. The maximum atomic E-state index is 13.5. The van der Waals surface area contributed by atoms with Crippen molar-refractivity contribution in [3.8, 4) is 11.5 Å². The predicted octanol–water partition coefficient (Wildman–Crippen LogP) is 2.71. The van der Waals surface area contributed by atoms with Crippen molar-refractivity contribution < 1.29 is 18.0 Å². The van der Waals surface area contributed by atoms with Crippen LogP contribution in [0.2, 0.25) is 0 Å². The molecule has 2 saturated heterocycles. The number of piperidine rings is 1. The van der Waals surface area contributed by atoms with Crippen LogP contribution in [0.15, 0.2) is 22.6 Å². The van der Waals surface area contributed by atoms with Gasteiger partial charge in [-0.25, -0.2) is 13.8 Å². The number of hydrogen-bond donors (Lipinski definition) is 1. The first kappa shape index (κ1) is 20.0. The molecule has 3 heterocycles. The Hall–Kier alpha value is -2.32. The van der Waals surface area contributed by atoms with Gasteiger partial charge in [0.1, 0.15) is 17.4 Å². The van der Waals surface area contributed by atoms with Crippen LogP contribution in [0.1, 0.15) is 30.7 Å². The number of amides is 1. The van der Waals surface area contributed by atoms with Crippen LogP contribution in [0.5, 0.6) is 0 Å². The van der Waals surface area contributed by atoms with E-state index >= 15 is 0 Å². The highest BCUT2D eigenvalue weighted by Gasteiger charge is 2.27. The minimum atomic E-state index is -0.648. The Morgan fingerprint density at radius 1 is 1.14 bits per heavy atom. The lowest BCUT2D eigenvalue weighted by molar-refractivity contribution is -0.120. The van der Waals surface area contributed by atoms with E-state index in [9.17, 15) is 13.6 Å². The van der Waals surface area contributed by atoms with Crippen molar-refractivity contribution in [1.82, 2.24) is 20.1 Å². The molecule has 1 aromatic carbocycles. The number of aryl methyl sites for hydroxylation is 1. The van der Waals surface area contributed by atoms with E-state index in [-0.39, 0.29) is 11.8 Å². The maximum Gasteiger partial charge on any atom is 0.226 e. The summed E-state index contributed by atoms with van der Waals surface area (Å²) in [6.45, 7) is 6.83. The molecule has 2 aliphatic rings. The number of nitrogens with zero attached hydrogens (tertiary/aromatic N) is 3. The second kappa shape index (κ2) is 8.59. The number of likely N-dealkylation sites (tertiary alicyclic amines) is 1. The van der Waals surface area contributed by atoms with E-state index in [0.717, 1.165) is 57.3 Å². The smallest absolute Gasteiger partial charge is 0.226 e. The lowest BCUT2D eigenvalue weighted by Crippen LogP contribution is -2.45. The van der Waals surface area contributed by atoms with Crippen molar-refractivity contribution in [2.75, 3.05) is 32.7 Å². The number of benzene rings is 1. The van der Waals surface area contributed by atoms with Crippen LogP contribution >= 0.6 is 0 Å². The Morgan fingerprint density at radius 2 is 1.86 bits per heavy atom. The SMILES string of the molecule is Cc1oc(-c2cc(F)cc(F)c2)nc1CN1CCC(N2CCNC(=O)CC2)CC1. The second-order valence-corrected chi connectivity index (χ2v) is 7.82. The molecule has 2 aromatic rings. The molecular formula is C21H26F2N4O2. The van der Waals surface area contributed by atoms with E-state index in [2.05, 4.69) is 20.1 Å². The van der Waals surface area contributed by atoms with Crippen molar-refractivity contribution in [2.45, 2.75) is 38.8 Å². The Labute approximate surface area is 168 Å². The molecule has 0 radical (unpaired) electrons. The van der Waals surface area contributed by atoms with Crippen LogP contribution in [0.4, 0.5) is 8.78 Å². The first-order valence-corrected chi connectivity index (χ1v) is 10.1. The zero-order chi connectivity index (χ0) is 20.4. The zero-order valence-corrected chi connectivity index (χ0v) is 16.6. The molecule has 1 aromatic heterocycles. The monoisotopic (exact) mass is 404 g/mol. The van der Waals surface area contributed by atoms with Crippen LogP contribution in [-0.4, -0.2) is 59.5 Å². The molecule has 8 heteroatoms. The normalized spacial score (nSPS) is 19.9. The molecule has 29 heavy (non-hydrogen) atoms. The number of nitrogens with one attached hydrogen (secondary N) is 1. The minimum absolute atomic E-state index is 0.139. The summed E-state index contributed by atoms with van der Waals surface area (Å²) in [6, 6.07) is 3.79. The zero-order valence-electron chi connectivity index (χ0n) is 16.6. The summed E-state index contributed by atoms with van der Waals surface area (Å²) in [5, 5.41) is 2.93. The summed E-state index contributed by atoms with van der Waals surface area (Å²) >= 11 is 0. The first-order valence-electron chi connectivity index (χ1n) is 10.1. The van der Waals surface area contributed by atoms with Crippen LogP contribution in [-0.2, 0) is 11.3 Å².